The molecule has 1 aromatic rings. The van der Waals surface area contributed by atoms with Crippen LogP contribution in [0.25, 0.3) is 0 Å². The van der Waals surface area contributed by atoms with Gasteiger partial charge in [-0.3, -0.25) is 0 Å². The number of aliphatic hydroxyl groups is 1. The average Bonchev–Trinajstić information content (AvgIpc) is 2.93. The Balaban J connectivity index is 2.22. The molecule has 1 aromatic heterocycles. The molecule has 1 fully saturated rings. The number of carbonyl (C=O) groups is 1. The van der Waals surface area contributed by atoms with E-state index in [0.717, 1.165) is 12.2 Å². The van der Waals surface area contributed by atoms with Crippen LogP contribution in [-0.4, -0.2) is 40.0 Å². The summed E-state index contributed by atoms with van der Waals surface area (Å²) in [7, 11) is 0. The molecule has 0 aromatic carbocycles. The lowest BCUT2D eigenvalue weighted by atomic mass is 10.1. The normalized spacial score (nSPS) is 21.6. The third-order valence-electron chi connectivity index (χ3n) is 3.59. The Kier molecular flexibility index (Phi) is 3.80. The predicted octanol–water partition coefficient (Wildman–Crippen LogP) is 2.16. The van der Waals surface area contributed by atoms with Crippen LogP contribution in [-0.2, 0) is 0 Å². The van der Waals surface area contributed by atoms with Crippen LogP contribution in [0.2, 0.25) is 0 Å². The van der Waals surface area contributed by atoms with Crippen molar-refractivity contribution in [2.75, 3.05) is 11.4 Å². The van der Waals surface area contributed by atoms with E-state index in [4.69, 9.17) is 4.52 Å². The van der Waals surface area contributed by atoms with Crippen LogP contribution in [0.15, 0.2) is 10.6 Å². The van der Waals surface area contributed by atoms with Crippen molar-refractivity contribution < 1.29 is 14.4 Å². The van der Waals surface area contributed by atoms with E-state index < -0.39 is 6.23 Å². The molecule has 1 saturated heterocycles. The van der Waals surface area contributed by atoms with E-state index in [1.807, 2.05) is 20.8 Å². The highest BCUT2D eigenvalue weighted by molar-refractivity contribution is 5.93. The number of anilines is 1. The smallest absolute Gasteiger partial charge is 0.328 e. The summed E-state index contributed by atoms with van der Waals surface area (Å²) in [5.41, 5.74) is 0. The number of aromatic nitrogens is 1. The van der Waals surface area contributed by atoms with E-state index >= 15 is 0 Å². The number of β-amino-alcohol motifs (C(OH)–C–C–N with tert-alkyl or cyclic N) is 1. The molecule has 0 bridgehead atoms. The highest BCUT2D eigenvalue weighted by Gasteiger charge is 2.40. The van der Waals surface area contributed by atoms with Crippen molar-refractivity contribution in [1.82, 2.24) is 10.1 Å². The summed E-state index contributed by atoms with van der Waals surface area (Å²) in [6, 6.07) is 1.55. The Hall–Kier alpha value is -1.56. The molecule has 1 aliphatic heterocycles. The molecular formula is C13H21N3O3. The molecule has 0 saturated carbocycles. The Labute approximate surface area is 113 Å². The van der Waals surface area contributed by atoms with Gasteiger partial charge < -0.3 is 14.5 Å². The van der Waals surface area contributed by atoms with Gasteiger partial charge in [-0.1, -0.05) is 19.0 Å². The van der Waals surface area contributed by atoms with Crippen molar-refractivity contribution in [3.05, 3.63) is 11.8 Å². The molecule has 1 N–H and O–H groups in total. The molecule has 19 heavy (non-hydrogen) atoms. The van der Waals surface area contributed by atoms with E-state index in [9.17, 15) is 9.90 Å². The van der Waals surface area contributed by atoms with E-state index in [0.29, 0.717) is 12.4 Å². The van der Waals surface area contributed by atoms with Crippen LogP contribution >= 0.6 is 0 Å². The lowest BCUT2D eigenvalue weighted by Gasteiger charge is -2.19. The quantitative estimate of drug-likeness (QED) is 0.907. The maximum Gasteiger partial charge on any atom is 0.328 e. The van der Waals surface area contributed by atoms with Gasteiger partial charge >= 0.3 is 6.03 Å². The van der Waals surface area contributed by atoms with E-state index in [1.54, 1.807) is 11.0 Å². The van der Waals surface area contributed by atoms with Crippen LogP contribution in [0.3, 0.4) is 0 Å². The second-order valence-electron chi connectivity index (χ2n) is 5.28. The first-order valence-electron chi connectivity index (χ1n) is 6.70. The summed E-state index contributed by atoms with van der Waals surface area (Å²) in [6.45, 7) is 8.22. The minimum Gasteiger partial charge on any atom is -0.371 e. The molecule has 2 atom stereocenters. The summed E-state index contributed by atoms with van der Waals surface area (Å²) in [4.78, 5) is 15.1. The van der Waals surface area contributed by atoms with E-state index in [2.05, 4.69) is 12.1 Å². The zero-order valence-corrected chi connectivity index (χ0v) is 11.8. The standard InChI is InChI=1S/C13H21N3O3/c1-5-9(4)10-6-11(14-19-10)16-12(17)7-15(8(2)3)13(16)18/h6,8-9,12,17H,5,7H2,1-4H3. The molecule has 2 heterocycles. The summed E-state index contributed by atoms with van der Waals surface area (Å²) in [6.07, 6.45) is 0.0632. The van der Waals surface area contributed by atoms with Gasteiger partial charge in [0.05, 0.1) is 6.54 Å². The van der Waals surface area contributed by atoms with Gasteiger partial charge in [-0.15, -0.1) is 0 Å². The molecule has 6 nitrogen and oxygen atoms in total. The second-order valence-corrected chi connectivity index (χ2v) is 5.28. The number of rotatable bonds is 4. The van der Waals surface area contributed by atoms with Crippen LogP contribution in [0, 0.1) is 0 Å². The van der Waals surface area contributed by atoms with Gasteiger partial charge in [-0.05, 0) is 20.3 Å². The van der Waals surface area contributed by atoms with Crippen molar-refractivity contribution in [3.8, 4) is 0 Å². The van der Waals surface area contributed by atoms with Crippen molar-refractivity contribution in [2.45, 2.75) is 52.3 Å². The molecule has 6 heteroatoms. The average molecular weight is 267 g/mol. The molecule has 0 spiro atoms. The highest BCUT2D eigenvalue weighted by Crippen LogP contribution is 2.28. The Morgan fingerprint density at radius 1 is 1.53 bits per heavy atom. The second kappa shape index (κ2) is 5.21. The van der Waals surface area contributed by atoms with E-state index in [1.165, 1.54) is 4.90 Å². The summed E-state index contributed by atoms with van der Waals surface area (Å²) in [5, 5.41) is 13.9. The maximum absolute atomic E-state index is 12.2. The zero-order chi connectivity index (χ0) is 14.2. The number of hydrogen-bond donors (Lipinski definition) is 1. The highest BCUT2D eigenvalue weighted by atomic mass is 16.5. The van der Waals surface area contributed by atoms with Crippen molar-refractivity contribution in [3.63, 3.8) is 0 Å². The van der Waals surface area contributed by atoms with Crippen LogP contribution in [0.5, 0.6) is 0 Å². The van der Waals surface area contributed by atoms with Crippen molar-refractivity contribution in [1.29, 1.82) is 0 Å². The number of amides is 2. The minimum atomic E-state index is -0.871. The molecule has 0 aliphatic carbocycles. The molecule has 1 aliphatic rings. The fraction of sp³-hybridized carbons (Fsp3) is 0.692. The fourth-order valence-electron chi connectivity index (χ4n) is 2.11. The molecular weight excluding hydrogens is 246 g/mol. The summed E-state index contributed by atoms with van der Waals surface area (Å²) >= 11 is 0. The van der Waals surface area contributed by atoms with Crippen LogP contribution in [0.1, 0.15) is 45.8 Å². The molecule has 2 amide bonds. The number of urea groups is 1. The summed E-state index contributed by atoms with van der Waals surface area (Å²) < 4.78 is 5.25. The summed E-state index contributed by atoms with van der Waals surface area (Å²) in [5.74, 6) is 1.37. The first kappa shape index (κ1) is 13.9. The topological polar surface area (TPSA) is 69.8 Å². The van der Waals surface area contributed by atoms with Gasteiger partial charge in [0.25, 0.3) is 0 Å². The minimum absolute atomic E-state index is 0.0492. The Morgan fingerprint density at radius 2 is 2.21 bits per heavy atom. The first-order chi connectivity index (χ1) is 8.95. The predicted molar refractivity (Wildman–Crippen MR) is 70.9 cm³/mol. The Morgan fingerprint density at radius 3 is 2.74 bits per heavy atom. The van der Waals surface area contributed by atoms with Gasteiger partial charge in [0.2, 0.25) is 0 Å². The van der Waals surface area contributed by atoms with Crippen molar-refractivity contribution >= 4 is 11.8 Å². The lowest BCUT2D eigenvalue weighted by Crippen LogP contribution is -2.37. The molecule has 2 unspecified atom stereocenters. The van der Waals surface area contributed by atoms with Crippen molar-refractivity contribution in [2.24, 2.45) is 0 Å². The van der Waals surface area contributed by atoms with E-state index in [-0.39, 0.29) is 18.0 Å². The number of carbonyl (C=O) groups excluding carboxylic acids is 1. The van der Waals surface area contributed by atoms with Gasteiger partial charge in [0.15, 0.2) is 12.0 Å². The number of aliphatic hydroxyl groups excluding tert-OH is 1. The number of nitrogens with zero attached hydrogens (tertiary/aromatic N) is 3. The molecule has 0 radical (unpaired) electrons. The van der Waals surface area contributed by atoms with Gasteiger partial charge in [0.1, 0.15) is 5.76 Å². The number of hydrogen-bond acceptors (Lipinski definition) is 4. The molecule has 2 rings (SSSR count). The molecule has 106 valence electrons. The SMILES string of the molecule is CCC(C)c1cc(N2C(=O)N(C(C)C)CC2O)no1. The fourth-order valence-corrected chi connectivity index (χ4v) is 2.11. The van der Waals surface area contributed by atoms with Gasteiger partial charge in [-0.2, -0.15) is 0 Å². The zero-order valence-electron chi connectivity index (χ0n) is 11.8. The van der Waals surface area contributed by atoms with Crippen LogP contribution < -0.4 is 4.90 Å². The van der Waals surface area contributed by atoms with Gasteiger partial charge in [0, 0.05) is 18.0 Å². The first-order valence-corrected chi connectivity index (χ1v) is 6.70. The largest absolute Gasteiger partial charge is 0.371 e. The van der Waals surface area contributed by atoms with Crippen LogP contribution in [0.4, 0.5) is 10.6 Å². The lowest BCUT2D eigenvalue weighted by molar-refractivity contribution is 0.166. The third kappa shape index (κ3) is 2.45. The monoisotopic (exact) mass is 267 g/mol. The third-order valence-corrected chi connectivity index (χ3v) is 3.59. The maximum atomic E-state index is 12.2. The Bertz CT molecular complexity index is 458. The van der Waals surface area contributed by atoms with Gasteiger partial charge in [-0.25, -0.2) is 9.69 Å².